The van der Waals surface area contributed by atoms with E-state index in [1.807, 2.05) is 6.07 Å². The molecule has 1 aliphatic heterocycles. The van der Waals surface area contributed by atoms with Crippen molar-refractivity contribution in [1.29, 1.82) is 0 Å². The van der Waals surface area contributed by atoms with Gasteiger partial charge in [0.05, 0.1) is 11.7 Å². The molecule has 1 fully saturated rings. The summed E-state index contributed by atoms with van der Waals surface area (Å²) in [4.78, 5) is 27.9. The number of aromatic nitrogens is 2. The first-order chi connectivity index (χ1) is 15.5. The summed E-state index contributed by atoms with van der Waals surface area (Å²) in [7, 11) is 1.79. The second kappa shape index (κ2) is 8.46. The van der Waals surface area contributed by atoms with Crippen molar-refractivity contribution in [2.45, 2.75) is 26.4 Å². The second-order valence-electron chi connectivity index (χ2n) is 9.12. The number of piperazine rings is 1. The van der Waals surface area contributed by atoms with Crippen LogP contribution in [-0.4, -0.2) is 63.4 Å². The highest BCUT2D eigenvalue weighted by Gasteiger charge is 2.30. The zero-order valence-corrected chi connectivity index (χ0v) is 19.1. The molecule has 0 unspecified atom stereocenters. The van der Waals surface area contributed by atoms with Crippen molar-refractivity contribution >= 4 is 22.9 Å². The summed E-state index contributed by atoms with van der Waals surface area (Å²) in [5, 5.41) is 5.09. The van der Waals surface area contributed by atoms with Crippen LogP contribution < -0.4 is 0 Å². The number of rotatable bonds is 2. The average Bonchev–Trinajstić information content (AvgIpc) is 3.12. The van der Waals surface area contributed by atoms with Crippen molar-refractivity contribution in [3.8, 4) is 11.1 Å². The summed E-state index contributed by atoms with van der Waals surface area (Å²) in [5.74, 6) is -2.58. The van der Waals surface area contributed by atoms with Gasteiger partial charge in [-0.2, -0.15) is 5.10 Å². The van der Waals surface area contributed by atoms with Crippen LogP contribution in [0.5, 0.6) is 0 Å². The van der Waals surface area contributed by atoms with E-state index in [-0.39, 0.29) is 26.2 Å². The molecule has 2 aromatic carbocycles. The summed E-state index contributed by atoms with van der Waals surface area (Å²) in [6, 6.07) is 7.73. The van der Waals surface area contributed by atoms with Crippen molar-refractivity contribution in [2.24, 2.45) is 7.05 Å². The average molecular weight is 456 g/mol. The third kappa shape index (κ3) is 4.67. The first-order valence-corrected chi connectivity index (χ1v) is 10.7. The van der Waals surface area contributed by atoms with Crippen LogP contribution >= 0.6 is 0 Å². The molecule has 174 valence electrons. The molecule has 9 heteroatoms. The maximum atomic E-state index is 14.9. The molecular formula is C24H26F2N4O3. The topological polar surface area (TPSA) is 67.7 Å². The monoisotopic (exact) mass is 456 g/mol. The molecule has 1 saturated heterocycles. The summed E-state index contributed by atoms with van der Waals surface area (Å²) < 4.78 is 36.9. The van der Waals surface area contributed by atoms with Crippen LogP contribution in [0, 0.1) is 11.6 Å². The zero-order chi connectivity index (χ0) is 23.9. The van der Waals surface area contributed by atoms with Crippen LogP contribution in [0.4, 0.5) is 13.6 Å². The minimum absolute atomic E-state index is 0.163. The van der Waals surface area contributed by atoms with Crippen LogP contribution in [-0.2, 0) is 11.8 Å². The van der Waals surface area contributed by atoms with Crippen molar-refractivity contribution in [2.75, 3.05) is 26.2 Å². The Morgan fingerprint density at radius 1 is 0.939 bits per heavy atom. The predicted molar refractivity (Wildman–Crippen MR) is 120 cm³/mol. The Balaban J connectivity index is 1.51. The molecule has 33 heavy (non-hydrogen) atoms. The predicted octanol–water partition coefficient (Wildman–Crippen LogP) is 4.21. The lowest BCUT2D eigenvalue weighted by molar-refractivity contribution is 0.0139. The van der Waals surface area contributed by atoms with Gasteiger partial charge >= 0.3 is 6.09 Å². The fourth-order valence-electron chi connectivity index (χ4n) is 3.84. The van der Waals surface area contributed by atoms with E-state index in [2.05, 4.69) is 5.10 Å². The highest BCUT2D eigenvalue weighted by atomic mass is 19.1. The van der Waals surface area contributed by atoms with E-state index >= 15 is 0 Å². The molecular weight excluding hydrogens is 430 g/mol. The smallest absolute Gasteiger partial charge is 0.410 e. The molecule has 0 radical (unpaired) electrons. The molecule has 2 amide bonds. The number of halogens is 2. The van der Waals surface area contributed by atoms with E-state index in [4.69, 9.17) is 4.74 Å². The van der Waals surface area contributed by atoms with Gasteiger partial charge in [-0.1, -0.05) is 12.1 Å². The van der Waals surface area contributed by atoms with Crippen LogP contribution in [0.15, 0.2) is 36.5 Å². The highest BCUT2D eigenvalue weighted by Crippen LogP contribution is 2.28. The van der Waals surface area contributed by atoms with E-state index in [0.717, 1.165) is 10.9 Å². The molecule has 1 aliphatic rings. The Bertz CT molecular complexity index is 1200. The van der Waals surface area contributed by atoms with Crippen molar-refractivity contribution < 1.29 is 23.1 Å². The number of amides is 2. The lowest BCUT2D eigenvalue weighted by Gasteiger charge is -2.35. The number of nitrogens with zero attached hydrogens (tertiary/aromatic N) is 4. The van der Waals surface area contributed by atoms with E-state index in [1.54, 1.807) is 50.8 Å². The van der Waals surface area contributed by atoms with Gasteiger partial charge in [0.1, 0.15) is 22.8 Å². The fraction of sp³-hybridized carbons (Fsp3) is 0.375. The van der Waals surface area contributed by atoms with Gasteiger partial charge in [0, 0.05) is 38.6 Å². The SMILES string of the molecule is Cn1ncc2ccc(-c3cc(F)c(C(=O)N4CCN(C(=O)OC(C)(C)C)CC4)c(F)c3)cc21. The number of fused-ring (bicyclic) bond motifs is 1. The number of hydrogen-bond donors (Lipinski definition) is 0. The summed E-state index contributed by atoms with van der Waals surface area (Å²) in [6.07, 6.45) is 1.24. The van der Waals surface area contributed by atoms with Crippen LogP contribution in [0.25, 0.3) is 22.0 Å². The molecule has 0 N–H and O–H groups in total. The molecule has 0 saturated carbocycles. The first kappa shape index (κ1) is 22.7. The molecule has 0 atom stereocenters. The van der Waals surface area contributed by atoms with Crippen LogP contribution in [0.1, 0.15) is 31.1 Å². The lowest BCUT2D eigenvalue weighted by atomic mass is 10.0. The van der Waals surface area contributed by atoms with Crippen molar-refractivity contribution in [3.63, 3.8) is 0 Å². The standard InChI is InChI=1S/C24H26F2N4O3/c1-24(2,3)33-23(32)30-9-7-29(8-10-30)22(31)21-18(25)11-17(12-19(21)26)15-5-6-16-14-27-28(4)20(16)13-15/h5-6,11-14H,7-10H2,1-4H3. The maximum Gasteiger partial charge on any atom is 0.410 e. The van der Waals surface area contributed by atoms with E-state index in [0.29, 0.717) is 11.1 Å². The van der Waals surface area contributed by atoms with Gasteiger partial charge in [-0.05, 0) is 50.1 Å². The molecule has 0 spiro atoms. The number of carbonyl (C=O) groups excluding carboxylic acids is 2. The summed E-state index contributed by atoms with van der Waals surface area (Å²) >= 11 is 0. The number of ether oxygens (including phenoxy) is 1. The zero-order valence-electron chi connectivity index (χ0n) is 19.1. The van der Waals surface area contributed by atoms with Gasteiger partial charge in [-0.15, -0.1) is 0 Å². The van der Waals surface area contributed by atoms with Crippen molar-refractivity contribution in [1.82, 2.24) is 19.6 Å². The first-order valence-electron chi connectivity index (χ1n) is 10.7. The minimum atomic E-state index is -0.922. The van der Waals surface area contributed by atoms with E-state index in [1.165, 1.54) is 21.9 Å². The number of carbonyl (C=O) groups is 2. The number of benzene rings is 2. The Hall–Kier alpha value is -3.49. The van der Waals surface area contributed by atoms with Gasteiger partial charge in [0.25, 0.3) is 5.91 Å². The van der Waals surface area contributed by atoms with E-state index in [9.17, 15) is 18.4 Å². The normalized spacial score (nSPS) is 14.6. The van der Waals surface area contributed by atoms with Crippen molar-refractivity contribution in [3.05, 3.63) is 53.7 Å². The Kier molecular flexibility index (Phi) is 5.82. The van der Waals surface area contributed by atoms with Crippen LogP contribution in [0.3, 0.4) is 0 Å². The van der Waals surface area contributed by atoms with Crippen LogP contribution in [0.2, 0.25) is 0 Å². The molecule has 4 rings (SSSR count). The summed E-state index contributed by atoms with van der Waals surface area (Å²) in [6.45, 7) is 6.10. The quantitative estimate of drug-likeness (QED) is 0.579. The molecule has 7 nitrogen and oxygen atoms in total. The van der Waals surface area contributed by atoms with Gasteiger partial charge in [-0.25, -0.2) is 13.6 Å². The summed E-state index contributed by atoms with van der Waals surface area (Å²) in [5.41, 5.74) is 0.565. The molecule has 0 bridgehead atoms. The molecule has 2 heterocycles. The highest BCUT2D eigenvalue weighted by molar-refractivity contribution is 5.96. The number of hydrogen-bond acceptors (Lipinski definition) is 4. The van der Waals surface area contributed by atoms with Gasteiger partial charge in [0.2, 0.25) is 0 Å². The fourth-order valence-corrected chi connectivity index (χ4v) is 3.84. The Morgan fingerprint density at radius 3 is 2.15 bits per heavy atom. The van der Waals surface area contributed by atoms with Gasteiger partial charge in [0.15, 0.2) is 0 Å². The molecule has 3 aromatic rings. The Morgan fingerprint density at radius 2 is 1.55 bits per heavy atom. The van der Waals surface area contributed by atoms with E-state index < -0.39 is 34.8 Å². The largest absolute Gasteiger partial charge is 0.444 e. The molecule has 0 aliphatic carbocycles. The second-order valence-corrected chi connectivity index (χ2v) is 9.12. The third-order valence-corrected chi connectivity index (χ3v) is 5.56. The van der Waals surface area contributed by atoms with Gasteiger partial charge in [-0.3, -0.25) is 9.48 Å². The van der Waals surface area contributed by atoms with Gasteiger partial charge < -0.3 is 14.5 Å². The third-order valence-electron chi connectivity index (χ3n) is 5.56. The Labute approximate surface area is 190 Å². The maximum absolute atomic E-state index is 14.9. The minimum Gasteiger partial charge on any atom is -0.444 e. The molecule has 1 aromatic heterocycles. The number of aryl methyl sites for hydroxylation is 1. The lowest BCUT2D eigenvalue weighted by Crippen LogP contribution is -2.51.